The summed E-state index contributed by atoms with van der Waals surface area (Å²) in [5.41, 5.74) is 1.39. The van der Waals surface area contributed by atoms with Crippen LogP contribution in [0.2, 0.25) is 0 Å². The lowest BCUT2D eigenvalue weighted by Gasteiger charge is -2.21. The molecule has 0 unspecified atom stereocenters. The fraction of sp³-hybridized carbons (Fsp3) is 0.167. The van der Waals surface area contributed by atoms with Gasteiger partial charge in [-0.2, -0.15) is 5.26 Å². The summed E-state index contributed by atoms with van der Waals surface area (Å²) < 4.78 is 33.6. The summed E-state index contributed by atoms with van der Waals surface area (Å²) in [5.74, 6) is 0.296. The molecule has 1 aliphatic rings. The molecule has 1 aromatic carbocycles. The van der Waals surface area contributed by atoms with Crippen LogP contribution in [0, 0.1) is 11.3 Å². The normalized spacial score (nSPS) is 13.4. The Bertz CT molecular complexity index is 1190. The molecule has 0 atom stereocenters. The first-order chi connectivity index (χ1) is 13.1. The monoisotopic (exact) mass is 400 g/mol. The SMILES string of the molecule is N#Cc1cnc2c(c1)N(S(=O)(=O)c1cccc3cncc(OCCl)c13)CC2. The van der Waals surface area contributed by atoms with Gasteiger partial charge in [0.1, 0.15) is 11.8 Å². The summed E-state index contributed by atoms with van der Waals surface area (Å²) in [6, 6.07) is 8.36. The van der Waals surface area contributed by atoms with Crippen LogP contribution in [0.3, 0.4) is 0 Å². The van der Waals surface area contributed by atoms with Gasteiger partial charge >= 0.3 is 0 Å². The molecule has 0 N–H and O–H groups in total. The molecule has 0 saturated carbocycles. The molecule has 0 fully saturated rings. The van der Waals surface area contributed by atoms with E-state index in [0.29, 0.717) is 39.9 Å². The lowest BCUT2D eigenvalue weighted by molar-refractivity contribution is 0.390. The lowest BCUT2D eigenvalue weighted by Crippen LogP contribution is -2.29. The van der Waals surface area contributed by atoms with Crippen LogP contribution in [0.15, 0.2) is 47.8 Å². The Kier molecular flexibility index (Phi) is 4.34. The Balaban J connectivity index is 1.92. The van der Waals surface area contributed by atoms with E-state index in [1.54, 1.807) is 24.4 Å². The van der Waals surface area contributed by atoms with Crippen LogP contribution >= 0.6 is 11.6 Å². The number of fused-ring (bicyclic) bond motifs is 2. The summed E-state index contributed by atoms with van der Waals surface area (Å²) in [6.45, 7) is 0.257. The number of ether oxygens (including phenoxy) is 1. The zero-order chi connectivity index (χ0) is 19.0. The van der Waals surface area contributed by atoms with Crippen molar-refractivity contribution in [3.8, 4) is 11.8 Å². The Morgan fingerprint density at radius 1 is 1.30 bits per heavy atom. The van der Waals surface area contributed by atoms with Crippen LogP contribution in [0.4, 0.5) is 5.69 Å². The van der Waals surface area contributed by atoms with Crippen LogP contribution in [-0.4, -0.2) is 31.0 Å². The number of alkyl halides is 1. The fourth-order valence-corrected chi connectivity index (χ4v) is 5.03. The van der Waals surface area contributed by atoms with Crippen molar-refractivity contribution in [2.45, 2.75) is 11.3 Å². The van der Waals surface area contributed by atoms with Crippen LogP contribution in [0.5, 0.6) is 5.75 Å². The van der Waals surface area contributed by atoms with Gasteiger partial charge in [0.05, 0.1) is 28.0 Å². The van der Waals surface area contributed by atoms with Crippen LogP contribution < -0.4 is 9.04 Å². The molecule has 0 bridgehead atoms. The number of sulfonamides is 1. The van der Waals surface area contributed by atoms with Crippen molar-refractivity contribution in [1.82, 2.24) is 9.97 Å². The molecule has 3 heterocycles. The highest BCUT2D eigenvalue weighted by atomic mass is 35.5. The molecule has 0 spiro atoms. The van der Waals surface area contributed by atoms with Crippen LogP contribution in [0.25, 0.3) is 10.8 Å². The molecule has 3 aromatic rings. The van der Waals surface area contributed by atoms with Gasteiger partial charge in [-0.15, -0.1) is 0 Å². The van der Waals surface area contributed by atoms with Gasteiger partial charge in [0.25, 0.3) is 10.0 Å². The van der Waals surface area contributed by atoms with Gasteiger partial charge in [0, 0.05) is 36.1 Å². The first-order valence-corrected chi connectivity index (χ1v) is 10.0. The Morgan fingerprint density at radius 2 is 2.15 bits per heavy atom. The Hall–Kier alpha value is -2.89. The fourth-order valence-electron chi connectivity index (χ4n) is 3.20. The standard InChI is InChI=1S/C18H13ClN4O3S/c19-11-26-16-10-21-9-13-2-1-3-17(18(13)16)27(24,25)23-5-4-14-15(23)6-12(7-20)8-22-14/h1-3,6,8-10H,4-5,11H2. The number of benzene rings is 1. The van der Waals surface area contributed by atoms with Crippen molar-refractivity contribution in [2.75, 3.05) is 16.9 Å². The Labute approximate surface area is 160 Å². The number of nitrogens with zero attached hydrogens (tertiary/aromatic N) is 4. The van der Waals surface area contributed by atoms with Crippen molar-refractivity contribution < 1.29 is 13.2 Å². The third kappa shape index (κ3) is 2.85. The molecule has 1 aliphatic heterocycles. The topological polar surface area (TPSA) is 96.2 Å². The summed E-state index contributed by atoms with van der Waals surface area (Å²) >= 11 is 5.68. The molecular weight excluding hydrogens is 388 g/mol. The summed E-state index contributed by atoms with van der Waals surface area (Å²) in [6.07, 6.45) is 4.95. The highest BCUT2D eigenvalue weighted by Gasteiger charge is 2.33. The van der Waals surface area contributed by atoms with E-state index in [1.165, 1.54) is 22.8 Å². The molecule has 0 aliphatic carbocycles. The zero-order valence-corrected chi connectivity index (χ0v) is 15.5. The van der Waals surface area contributed by atoms with E-state index >= 15 is 0 Å². The number of halogens is 1. The number of nitriles is 1. The number of aromatic nitrogens is 2. The number of rotatable bonds is 4. The van der Waals surface area contributed by atoms with Gasteiger partial charge in [-0.05, 0) is 12.1 Å². The predicted molar refractivity (Wildman–Crippen MR) is 100 cm³/mol. The molecule has 136 valence electrons. The molecule has 0 amide bonds. The third-order valence-corrected chi connectivity index (χ3v) is 6.35. The maximum Gasteiger partial charge on any atom is 0.265 e. The maximum atomic E-state index is 13.5. The zero-order valence-electron chi connectivity index (χ0n) is 14.0. The maximum absolute atomic E-state index is 13.5. The van der Waals surface area contributed by atoms with Crippen molar-refractivity contribution in [3.63, 3.8) is 0 Å². The molecule has 27 heavy (non-hydrogen) atoms. The average Bonchev–Trinajstić information content (AvgIpc) is 3.12. The molecule has 0 saturated heterocycles. The van der Waals surface area contributed by atoms with Crippen molar-refractivity contribution in [3.05, 3.63) is 54.1 Å². The summed E-state index contributed by atoms with van der Waals surface area (Å²) in [5, 5.41) is 10.2. The molecule has 9 heteroatoms. The number of hydrogen-bond acceptors (Lipinski definition) is 6. The van der Waals surface area contributed by atoms with Gasteiger partial charge < -0.3 is 4.74 Å². The van der Waals surface area contributed by atoms with Gasteiger partial charge in [-0.25, -0.2) is 8.42 Å². The van der Waals surface area contributed by atoms with E-state index in [4.69, 9.17) is 21.6 Å². The summed E-state index contributed by atoms with van der Waals surface area (Å²) in [4.78, 5) is 8.38. The van der Waals surface area contributed by atoms with Gasteiger partial charge in [0.2, 0.25) is 0 Å². The Morgan fingerprint density at radius 3 is 2.93 bits per heavy atom. The second-order valence-electron chi connectivity index (χ2n) is 5.87. The van der Waals surface area contributed by atoms with E-state index in [9.17, 15) is 8.42 Å². The largest absolute Gasteiger partial charge is 0.476 e. The minimum Gasteiger partial charge on any atom is -0.476 e. The van der Waals surface area contributed by atoms with Gasteiger partial charge in [-0.1, -0.05) is 23.7 Å². The number of hydrogen-bond donors (Lipinski definition) is 0. The highest BCUT2D eigenvalue weighted by molar-refractivity contribution is 7.93. The third-order valence-electron chi connectivity index (χ3n) is 4.39. The summed E-state index contributed by atoms with van der Waals surface area (Å²) in [7, 11) is -3.91. The first kappa shape index (κ1) is 17.5. The second-order valence-corrected chi connectivity index (χ2v) is 7.92. The first-order valence-electron chi connectivity index (χ1n) is 8.03. The van der Waals surface area contributed by atoms with E-state index in [2.05, 4.69) is 9.97 Å². The lowest BCUT2D eigenvalue weighted by atomic mass is 10.2. The minimum atomic E-state index is -3.91. The van der Waals surface area contributed by atoms with Crippen molar-refractivity contribution >= 4 is 38.1 Å². The van der Waals surface area contributed by atoms with E-state index in [0.717, 1.165) is 0 Å². The molecule has 4 rings (SSSR count). The smallest absolute Gasteiger partial charge is 0.265 e. The molecular formula is C18H13ClN4O3S. The van der Waals surface area contributed by atoms with Gasteiger partial charge in [-0.3, -0.25) is 14.3 Å². The van der Waals surface area contributed by atoms with E-state index in [1.807, 2.05) is 6.07 Å². The van der Waals surface area contributed by atoms with Crippen LogP contribution in [-0.2, 0) is 16.4 Å². The second kappa shape index (κ2) is 6.68. The number of anilines is 1. The van der Waals surface area contributed by atoms with E-state index < -0.39 is 10.0 Å². The van der Waals surface area contributed by atoms with E-state index in [-0.39, 0.29) is 17.5 Å². The van der Waals surface area contributed by atoms with Crippen LogP contribution in [0.1, 0.15) is 11.3 Å². The molecule has 2 aromatic heterocycles. The quantitative estimate of drug-likeness (QED) is 0.625. The molecule has 7 nitrogen and oxygen atoms in total. The average molecular weight is 401 g/mol. The predicted octanol–water partition coefficient (Wildman–Crippen LogP) is 2.83. The van der Waals surface area contributed by atoms with Gasteiger partial charge in [0.15, 0.2) is 6.07 Å². The minimum absolute atomic E-state index is 0.0951. The van der Waals surface area contributed by atoms with Crippen molar-refractivity contribution in [2.24, 2.45) is 0 Å². The van der Waals surface area contributed by atoms with Crippen molar-refractivity contribution in [1.29, 1.82) is 5.26 Å². The number of pyridine rings is 2. The highest BCUT2D eigenvalue weighted by Crippen LogP contribution is 2.37. The molecule has 0 radical (unpaired) electrons.